The topological polar surface area (TPSA) is 50.2 Å². The van der Waals surface area contributed by atoms with Gasteiger partial charge in [0.05, 0.1) is 12.7 Å². The van der Waals surface area contributed by atoms with Gasteiger partial charge in [-0.1, -0.05) is 12.1 Å². The fraction of sp³-hybridized carbons (Fsp3) is 0.412. The van der Waals surface area contributed by atoms with Gasteiger partial charge in [0, 0.05) is 25.5 Å². The number of hydrogen-bond donors (Lipinski definition) is 1. The molecule has 1 aromatic carbocycles. The molecule has 2 rings (SSSR count). The Morgan fingerprint density at radius 3 is 2.82 bits per heavy atom. The first-order chi connectivity index (χ1) is 10.4. The fourth-order valence-electron chi connectivity index (χ4n) is 2.31. The summed E-state index contributed by atoms with van der Waals surface area (Å²) in [7, 11) is 3.86. The Morgan fingerprint density at radius 1 is 1.36 bits per heavy atom. The van der Waals surface area contributed by atoms with Gasteiger partial charge >= 0.3 is 0 Å². The van der Waals surface area contributed by atoms with Crippen LogP contribution in [0.25, 0.3) is 0 Å². The van der Waals surface area contributed by atoms with E-state index in [2.05, 4.69) is 10.4 Å². The molecule has 0 saturated heterocycles. The van der Waals surface area contributed by atoms with Crippen molar-refractivity contribution in [1.82, 2.24) is 14.7 Å². The SMILES string of the molecule is Cc1ccc(C)c(NC(=O)CN(C)CCc2cnn(C)c2)c1. The number of likely N-dealkylation sites (N-methyl/N-ethyl adjacent to an activating group) is 1. The highest BCUT2D eigenvalue weighted by molar-refractivity contribution is 5.93. The lowest BCUT2D eigenvalue weighted by atomic mass is 10.1. The molecule has 1 aromatic heterocycles. The monoisotopic (exact) mass is 300 g/mol. The van der Waals surface area contributed by atoms with Gasteiger partial charge in [-0.3, -0.25) is 14.4 Å². The first kappa shape index (κ1) is 16.2. The van der Waals surface area contributed by atoms with Gasteiger partial charge in [0.1, 0.15) is 0 Å². The third-order valence-electron chi connectivity index (χ3n) is 3.62. The Morgan fingerprint density at radius 2 is 2.14 bits per heavy atom. The summed E-state index contributed by atoms with van der Waals surface area (Å²) in [6.45, 7) is 5.23. The Bertz CT molecular complexity index is 648. The molecule has 0 fully saturated rings. The first-order valence-corrected chi connectivity index (χ1v) is 7.47. The molecule has 0 atom stereocenters. The largest absolute Gasteiger partial charge is 0.325 e. The highest BCUT2D eigenvalue weighted by Crippen LogP contribution is 2.16. The summed E-state index contributed by atoms with van der Waals surface area (Å²) < 4.78 is 1.79. The van der Waals surface area contributed by atoms with Gasteiger partial charge in [0.2, 0.25) is 5.91 Å². The van der Waals surface area contributed by atoms with Crippen LogP contribution in [0.15, 0.2) is 30.6 Å². The average molecular weight is 300 g/mol. The molecule has 5 nitrogen and oxygen atoms in total. The molecule has 0 bridgehead atoms. The Labute approximate surface area is 131 Å². The van der Waals surface area contributed by atoms with E-state index in [0.29, 0.717) is 6.54 Å². The zero-order chi connectivity index (χ0) is 16.1. The van der Waals surface area contributed by atoms with Crippen molar-refractivity contribution in [1.29, 1.82) is 0 Å². The summed E-state index contributed by atoms with van der Waals surface area (Å²) >= 11 is 0. The van der Waals surface area contributed by atoms with E-state index >= 15 is 0 Å². The minimum Gasteiger partial charge on any atom is -0.325 e. The molecule has 0 radical (unpaired) electrons. The maximum Gasteiger partial charge on any atom is 0.238 e. The van der Waals surface area contributed by atoms with Crippen LogP contribution in [-0.2, 0) is 18.3 Å². The molecule has 0 aliphatic heterocycles. The van der Waals surface area contributed by atoms with Gasteiger partial charge in [0.15, 0.2) is 0 Å². The molecule has 0 aliphatic rings. The Balaban J connectivity index is 1.82. The van der Waals surface area contributed by atoms with Gasteiger partial charge in [0.25, 0.3) is 0 Å². The van der Waals surface area contributed by atoms with Crippen LogP contribution in [-0.4, -0.2) is 40.7 Å². The number of nitrogens with zero attached hydrogens (tertiary/aromatic N) is 3. The fourth-order valence-corrected chi connectivity index (χ4v) is 2.31. The second-order valence-corrected chi connectivity index (χ2v) is 5.88. The standard InChI is InChI=1S/C17H24N4O/c1-13-5-6-14(2)16(9-13)19-17(22)12-20(3)8-7-15-10-18-21(4)11-15/h5-6,9-11H,7-8,12H2,1-4H3,(H,19,22). The molecule has 118 valence electrons. The molecular formula is C17H24N4O. The van der Waals surface area contributed by atoms with Gasteiger partial charge in [-0.05, 0) is 50.1 Å². The summed E-state index contributed by atoms with van der Waals surface area (Å²) in [5.74, 6) is 0.0161. The van der Waals surface area contributed by atoms with Gasteiger partial charge < -0.3 is 5.32 Å². The third-order valence-corrected chi connectivity index (χ3v) is 3.62. The van der Waals surface area contributed by atoms with Crippen molar-refractivity contribution in [2.45, 2.75) is 20.3 Å². The molecule has 0 aliphatic carbocycles. The van der Waals surface area contributed by atoms with Crippen LogP contribution >= 0.6 is 0 Å². The number of hydrogen-bond acceptors (Lipinski definition) is 3. The summed E-state index contributed by atoms with van der Waals surface area (Å²) in [5, 5.41) is 7.14. The quantitative estimate of drug-likeness (QED) is 0.889. The van der Waals surface area contributed by atoms with Crippen LogP contribution < -0.4 is 5.32 Å². The average Bonchev–Trinajstić information content (AvgIpc) is 2.86. The number of nitrogens with one attached hydrogen (secondary N) is 1. The summed E-state index contributed by atoms with van der Waals surface area (Å²) in [6, 6.07) is 6.07. The van der Waals surface area contributed by atoms with E-state index in [0.717, 1.165) is 29.8 Å². The van der Waals surface area contributed by atoms with Crippen molar-refractivity contribution < 1.29 is 4.79 Å². The molecule has 0 unspecified atom stereocenters. The maximum atomic E-state index is 12.1. The number of carbonyl (C=O) groups excluding carboxylic acids is 1. The second-order valence-electron chi connectivity index (χ2n) is 5.88. The Kier molecular flexibility index (Phi) is 5.33. The third kappa shape index (κ3) is 4.70. The predicted octanol–water partition coefficient (Wildman–Crippen LogP) is 2.15. The number of benzene rings is 1. The van der Waals surface area contributed by atoms with Crippen LogP contribution in [0.2, 0.25) is 0 Å². The highest BCUT2D eigenvalue weighted by atomic mass is 16.2. The normalized spacial score (nSPS) is 11.0. The van der Waals surface area contributed by atoms with Crippen LogP contribution in [0.3, 0.4) is 0 Å². The van der Waals surface area contributed by atoms with Crippen molar-refractivity contribution >= 4 is 11.6 Å². The van der Waals surface area contributed by atoms with Crippen molar-refractivity contribution in [3.8, 4) is 0 Å². The van der Waals surface area contributed by atoms with E-state index in [1.54, 1.807) is 4.68 Å². The van der Waals surface area contributed by atoms with Crippen molar-refractivity contribution in [3.05, 3.63) is 47.3 Å². The summed E-state index contributed by atoms with van der Waals surface area (Å²) in [6.07, 6.45) is 4.76. The molecule has 0 saturated carbocycles. The molecule has 22 heavy (non-hydrogen) atoms. The van der Waals surface area contributed by atoms with Gasteiger partial charge in [-0.15, -0.1) is 0 Å². The molecular weight excluding hydrogens is 276 g/mol. The van der Waals surface area contributed by atoms with Crippen LogP contribution in [0.1, 0.15) is 16.7 Å². The van der Waals surface area contributed by atoms with Gasteiger partial charge in [-0.2, -0.15) is 5.10 Å². The lowest BCUT2D eigenvalue weighted by Gasteiger charge is -2.16. The number of anilines is 1. The lowest BCUT2D eigenvalue weighted by Crippen LogP contribution is -2.31. The van der Waals surface area contributed by atoms with Crippen LogP contribution in [0.5, 0.6) is 0 Å². The lowest BCUT2D eigenvalue weighted by molar-refractivity contribution is -0.117. The van der Waals surface area contributed by atoms with Crippen LogP contribution in [0.4, 0.5) is 5.69 Å². The number of aromatic nitrogens is 2. The van der Waals surface area contributed by atoms with E-state index in [-0.39, 0.29) is 5.91 Å². The number of rotatable bonds is 6. The highest BCUT2D eigenvalue weighted by Gasteiger charge is 2.09. The van der Waals surface area contributed by atoms with Crippen molar-refractivity contribution in [2.24, 2.45) is 7.05 Å². The van der Waals surface area contributed by atoms with Crippen LogP contribution in [0, 0.1) is 13.8 Å². The second kappa shape index (κ2) is 7.22. The van der Waals surface area contributed by atoms with Gasteiger partial charge in [-0.25, -0.2) is 0 Å². The zero-order valence-corrected chi connectivity index (χ0v) is 13.8. The van der Waals surface area contributed by atoms with Crippen molar-refractivity contribution in [2.75, 3.05) is 25.5 Å². The molecule has 2 aromatic rings. The Hall–Kier alpha value is -2.14. The molecule has 0 spiro atoms. The number of carbonyl (C=O) groups is 1. The molecule has 1 heterocycles. The number of amides is 1. The summed E-state index contributed by atoms with van der Waals surface area (Å²) in [4.78, 5) is 14.2. The number of aryl methyl sites for hydroxylation is 3. The maximum absolute atomic E-state index is 12.1. The zero-order valence-electron chi connectivity index (χ0n) is 13.8. The molecule has 5 heteroatoms. The summed E-state index contributed by atoms with van der Waals surface area (Å²) in [5.41, 5.74) is 4.30. The van der Waals surface area contributed by atoms with E-state index in [1.807, 2.05) is 63.4 Å². The van der Waals surface area contributed by atoms with E-state index in [9.17, 15) is 4.79 Å². The molecule has 1 N–H and O–H groups in total. The van der Waals surface area contributed by atoms with E-state index < -0.39 is 0 Å². The van der Waals surface area contributed by atoms with E-state index in [1.165, 1.54) is 5.56 Å². The minimum atomic E-state index is 0.0161. The predicted molar refractivity (Wildman–Crippen MR) is 89.0 cm³/mol. The molecule has 1 amide bonds. The van der Waals surface area contributed by atoms with Crippen molar-refractivity contribution in [3.63, 3.8) is 0 Å². The minimum absolute atomic E-state index is 0.0161. The smallest absolute Gasteiger partial charge is 0.238 e. The van der Waals surface area contributed by atoms with E-state index in [4.69, 9.17) is 0 Å². The first-order valence-electron chi connectivity index (χ1n) is 7.47.